The molecule has 0 spiro atoms. The molecule has 2 saturated heterocycles. The Morgan fingerprint density at radius 1 is 0.970 bits per heavy atom. The summed E-state index contributed by atoms with van der Waals surface area (Å²) in [4.78, 5) is 17.5. The molecule has 2 fully saturated rings. The second-order valence-electron chi connectivity index (χ2n) is 8.98. The van der Waals surface area contributed by atoms with Crippen LogP contribution in [0.3, 0.4) is 0 Å². The Labute approximate surface area is 195 Å². The van der Waals surface area contributed by atoms with E-state index in [-0.39, 0.29) is 12.5 Å². The van der Waals surface area contributed by atoms with Gasteiger partial charge in [0.2, 0.25) is 6.10 Å². The highest BCUT2D eigenvalue weighted by molar-refractivity contribution is 5.82. The van der Waals surface area contributed by atoms with Crippen molar-refractivity contribution in [3.63, 3.8) is 0 Å². The molecule has 0 aliphatic carbocycles. The largest absolute Gasteiger partial charge is 0.489 e. The van der Waals surface area contributed by atoms with Gasteiger partial charge in [-0.2, -0.15) is 0 Å². The molecule has 0 radical (unpaired) electrons. The molecule has 176 valence electrons. The lowest BCUT2D eigenvalue weighted by molar-refractivity contribution is -0.143. The quantitative estimate of drug-likeness (QED) is 0.672. The maximum Gasteiger partial charge on any atom is 0.267 e. The average Bonchev–Trinajstić information content (AvgIpc) is 2.88. The van der Waals surface area contributed by atoms with Gasteiger partial charge in [-0.15, -0.1) is 0 Å². The second kappa shape index (κ2) is 10.4. The van der Waals surface area contributed by atoms with E-state index in [2.05, 4.69) is 4.90 Å². The smallest absolute Gasteiger partial charge is 0.267 e. The molecule has 0 N–H and O–H groups in total. The van der Waals surface area contributed by atoms with Gasteiger partial charge in [0, 0.05) is 52.0 Å². The van der Waals surface area contributed by atoms with Crippen molar-refractivity contribution in [2.24, 2.45) is 5.92 Å². The van der Waals surface area contributed by atoms with E-state index in [1.807, 2.05) is 53.4 Å². The third-order valence-electron chi connectivity index (χ3n) is 6.64. The van der Waals surface area contributed by atoms with Gasteiger partial charge in [0.1, 0.15) is 19.0 Å². The molecule has 0 aromatic heterocycles. The molecule has 7 heteroatoms. The van der Waals surface area contributed by atoms with Gasteiger partial charge in [-0.05, 0) is 36.5 Å². The van der Waals surface area contributed by atoms with E-state index in [0.29, 0.717) is 29.8 Å². The number of rotatable bonds is 6. The lowest BCUT2D eigenvalue weighted by Gasteiger charge is -2.38. The van der Waals surface area contributed by atoms with Gasteiger partial charge in [0.15, 0.2) is 11.5 Å². The number of fused-ring (bicyclic) bond motifs is 1. The molecular weight excluding hydrogens is 420 g/mol. The van der Waals surface area contributed by atoms with Crippen molar-refractivity contribution in [3.8, 4) is 17.2 Å². The summed E-state index contributed by atoms with van der Waals surface area (Å²) >= 11 is 0. The van der Waals surface area contributed by atoms with Crippen LogP contribution in [-0.2, 0) is 16.1 Å². The molecule has 5 rings (SSSR count). The van der Waals surface area contributed by atoms with Gasteiger partial charge in [0.25, 0.3) is 5.91 Å². The van der Waals surface area contributed by atoms with Gasteiger partial charge in [-0.1, -0.05) is 30.3 Å². The van der Waals surface area contributed by atoms with E-state index in [1.165, 1.54) is 0 Å². The Kier molecular flexibility index (Phi) is 6.98. The van der Waals surface area contributed by atoms with Crippen molar-refractivity contribution in [1.29, 1.82) is 0 Å². The van der Waals surface area contributed by atoms with E-state index in [4.69, 9.17) is 18.9 Å². The Morgan fingerprint density at radius 3 is 2.55 bits per heavy atom. The molecule has 0 bridgehead atoms. The standard InChI is InChI=1S/C26H32N2O5/c29-26(28-12-10-27(11-13-28)17-20-8-14-30-15-9-20)25-19-32-23-7-6-22(16-24(23)33-25)31-18-21-4-2-1-3-5-21/h1-7,16,20,25H,8-15,17-19H2. The van der Waals surface area contributed by atoms with Crippen LogP contribution < -0.4 is 14.2 Å². The van der Waals surface area contributed by atoms with E-state index in [0.717, 1.165) is 64.3 Å². The summed E-state index contributed by atoms with van der Waals surface area (Å²) in [6.45, 7) is 6.84. The van der Waals surface area contributed by atoms with Gasteiger partial charge >= 0.3 is 0 Å². The van der Waals surface area contributed by atoms with Crippen molar-refractivity contribution < 1.29 is 23.7 Å². The van der Waals surface area contributed by atoms with Gasteiger partial charge in [-0.3, -0.25) is 9.69 Å². The summed E-state index contributed by atoms with van der Waals surface area (Å²) in [6.07, 6.45) is 1.66. The van der Waals surface area contributed by atoms with Crippen LogP contribution >= 0.6 is 0 Å². The summed E-state index contributed by atoms with van der Waals surface area (Å²) in [5.74, 6) is 2.61. The number of benzene rings is 2. The Morgan fingerprint density at radius 2 is 1.76 bits per heavy atom. The Hall–Kier alpha value is -2.77. The third kappa shape index (κ3) is 5.60. The SMILES string of the molecule is O=C(C1COc2ccc(OCc3ccccc3)cc2O1)N1CCN(CC2CCOCC2)CC1. The van der Waals surface area contributed by atoms with Crippen LogP contribution in [-0.4, -0.2) is 74.4 Å². The van der Waals surface area contributed by atoms with Crippen molar-refractivity contribution >= 4 is 5.91 Å². The van der Waals surface area contributed by atoms with Crippen molar-refractivity contribution in [2.75, 3.05) is 52.5 Å². The molecule has 2 aromatic rings. The van der Waals surface area contributed by atoms with Gasteiger partial charge in [0.05, 0.1) is 0 Å². The summed E-state index contributed by atoms with van der Waals surface area (Å²) in [7, 11) is 0. The zero-order chi connectivity index (χ0) is 22.5. The maximum atomic E-state index is 13.1. The van der Waals surface area contributed by atoms with Gasteiger partial charge < -0.3 is 23.8 Å². The van der Waals surface area contributed by atoms with Crippen LogP contribution in [0.15, 0.2) is 48.5 Å². The minimum atomic E-state index is -0.621. The molecule has 3 aliphatic rings. The molecular formula is C26H32N2O5. The van der Waals surface area contributed by atoms with E-state index in [1.54, 1.807) is 0 Å². The molecule has 3 aliphatic heterocycles. The van der Waals surface area contributed by atoms with E-state index >= 15 is 0 Å². The molecule has 1 unspecified atom stereocenters. The first-order valence-electron chi connectivity index (χ1n) is 11.9. The van der Waals surface area contributed by atoms with Crippen LogP contribution in [0.25, 0.3) is 0 Å². The second-order valence-corrected chi connectivity index (χ2v) is 8.98. The number of carbonyl (C=O) groups is 1. The molecule has 1 amide bonds. The number of piperazine rings is 1. The summed E-state index contributed by atoms with van der Waals surface area (Å²) in [6, 6.07) is 15.5. The Bertz CT molecular complexity index is 924. The molecule has 7 nitrogen and oxygen atoms in total. The van der Waals surface area contributed by atoms with E-state index in [9.17, 15) is 4.79 Å². The first kappa shape index (κ1) is 22.0. The topological polar surface area (TPSA) is 60.5 Å². The minimum Gasteiger partial charge on any atom is -0.489 e. The lowest BCUT2D eigenvalue weighted by atomic mass is 9.99. The Balaban J connectivity index is 1.13. The molecule has 3 heterocycles. The molecule has 2 aromatic carbocycles. The predicted molar refractivity (Wildman–Crippen MR) is 124 cm³/mol. The first-order chi connectivity index (χ1) is 16.2. The average molecular weight is 453 g/mol. The number of hydrogen-bond donors (Lipinski definition) is 0. The molecule has 0 saturated carbocycles. The fourth-order valence-corrected chi connectivity index (χ4v) is 4.65. The van der Waals surface area contributed by atoms with Crippen LogP contribution in [0, 0.1) is 5.92 Å². The highest BCUT2D eigenvalue weighted by Crippen LogP contribution is 2.35. The minimum absolute atomic E-state index is 0.00183. The number of hydrogen-bond acceptors (Lipinski definition) is 6. The van der Waals surface area contributed by atoms with Crippen molar-refractivity contribution in [3.05, 3.63) is 54.1 Å². The first-order valence-corrected chi connectivity index (χ1v) is 11.9. The monoisotopic (exact) mass is 452 g/mol. The van der Waals surface area contributed by atoms with Crippen molar-refractivity contribution in [2.45, 2.75) is 25.6 Å². The highest BCUT2D eigenvalue weighted by atomic mass is 16.6. The van der Waals surface area contributed by atoms with Crippen LogP contribution in [0.1, 0.15) is 18.4 Å². The normalized spacial score (nSPS) is 21.6. The predicted octanol–water partition coefficient (Wildman–Crippen LogP) is 2.98. The van der Waals surface area contributed by atoms with E-state index < -0.39 is 6.10 Å². The number of carbonyl (C=O) groups excluding carboxylic acids is 1. The van der Waals surface area contributed by atoms with Crippen LogP contribution in [0.5, 0.6) is 17.2 Å². The summed E-state index contributed by atoms with van der Waals surface area (Å²) in [5.41, 5.74) is 1.09. The lowest BCUT2D eigenvalue weighted by Crippen LogP contribution is -2.54. The maximum absolute atomic E-state index is 13.1. The number of ether oxygens (including phenoxy) is 4. The zero-order valence-electron chi connectivity index (χ0n) is 19.0. The zero-order valence-corrected chi connectivity index (χ0v) is 19.0. The molecule has 33 heavy (non-hydrogen) atoms. The van der Waals surface area contributed by atoms with Crippen molar-refractivity contribution in [1.82, 2.24) is 9.80 Å². The molecule has 1 atom stereocenters. The fraction of sp³-hybridized carbons (Fsp3) is 0.500. The number of nitrogens with zero attached hydrogens (tertiary/aromatic N) is 2. The summed E-state index contributed by atoms with van der Waals surface area (Å²) < 4.78 is 23.3. The van der Waals surface area contributed by atoms with Gasteiger partial charge in [-0.25, -0.2) is 0 Å². The highest BCUT2D eigenvalue weighted by Gasteiger charge is 2.33. The number of amides is 1. The van der Waals surface area contributed by atoms with Crippen LogP contribution in [0.2, 0.25) is 0 Å². The third-order valence-corrected chi connectivity index (χ3v) is 6.64. The fourth-order valence-electron chi connectivity index (χ4n) is 4.65. The van der Waals surface area contributed by atoms with Crippen LogP contribution in [0.4, 0.5) is 0 Å². The summed E-state index contributed by atoms with van der Waals surface area (Å²) in [5, 5.41) is 0.